The predicted molar refractivity (Wildman–Crippen MR) is 112 cm³/mol. The summed E-state index contributed by atoms with van der Waals surface area (Å²) in [7, 11) is 2.64. The summed E-state index contributed by atoms with van der Waals surface area (Å²) < 4.78 is 25.6. The zero-order valence-corrected chi connectivity index (χ0v) is 18.2. The van der Waals surface area contributed by atoms with Gasteiger partial charge in [-0.1, -0.05) is 12.1 Å². The minimum Gasteiger partial charge on any atom is -0.493 e. The molecule has 0 saturated carbocycles. The first-order chi connectivity index (χ1) is 15.9. The number of imide groups is 1. The van der Waals surface area contributed by atoms with Gasteiger partial charge in [-0.25, -0.2) is 14.4 Å². The number of methoxy groups -OCH3 is 2. The van der Waals surface area contributed by atoms with E-state index < -0.39 is 23.9 Å². The molecule has 11 heteroatoms. The average molecular weight is 458 g/mol. The highest BCUT2D eigenvalue weighted by Crippen LogP contribution is 2.33. The molecule has 1 aromatic heterocycles. The molecule has 0 aliphatic carbocycles. The zero-order valence-electron chi connectivity index (χ0n) is 18.2. The van der Waals surface area contributed by atoms with Gasteiger partial charge in [-0.3, -0.25) is 9.69 Å². The van der Waals surface area contributed by atoms with Crippen molar-refractivity contribution in [1.82, 2.24) is 10.2 Å². The number of ether oxygens (including phenoxy) is 4. The van der Waals surface area contributed by atoms with Crippen LogP contribution in [0.4, 0.5) is 4.79 Å². The number of esters is 2. The number of furan rings is 1. The number of nitrogens with one attached hydrogen (secondary N) is 1. The molecule has 2 aromatic rings. The molecule has 0 bridgehead atoms. The first kappa shape index (κ1) is 23.4. The number of carbonyl (C=O) groups excluding carboxylic acids is 4. The Morgan fingerprint density at radius 1 is 1.15 bits per heavy atom. The van der Waals surface area contributed by atoms with Gasteiger partial charge < -0.3 is 28.7 Å². The molecule has 1 saturated heterocycles. The summed E-state index contributed by atoms with van der Waals surface area (Å²) in [5.74, 6) is -1.15. The number of amides is 3. The second-order valence-corrected chi connectivity index (χ2v) is 6.61. The molecule has 1 aliphatic heterocycles. The molecule has 11 nitrogen and oxygen atoms in total. The van der Waals surface area contributed by atoms with E-state index in [1.54, 1.807) is 25.1 Å². The number of hydrogen-bond acceptors (Lipinski definition) is 9. The number of hydrogen-bond donors (Lipinski definition) is 1. The maximum absolute atomic E-state index is 12.8. The van der Waals surface area contributed by atoms with Crippen molar-refractivity contribution in [3.63, 3.8) is 0 Å². The molecule has 3 rings (SSSR count). The summed E-state index contributed by atoms with van der Waals surface area (Å²) >= 11 is 0. The molecular weight excluding hydrogens is 436 g/mol. The SMILES string of the molecule is CCOC(=O)COc1c(C=C2NC(=O)N(Cc3ccc(C(=O)OC)o3)C2=O)cccc1OC. The van der Waals surface area contributed by atoms with E-state index in [4.69, 9.17) is 18.6 Å². The van der Waals surface area contributed by atoms with Crippen LogP contribution in [0, 0.1) is 0 Å². The van der Waals surface area contributed by atoms with Crippen LogP contribution in [0.3, 0.4) is 0 Å². The standard InChI is InChI=1S/C22H22N2O9/c1-4-31-18(25)12-32-19-13(6-5-7-16(19)29-2)10-15-20(26)24(22(28)23-15)11-14-8-9-17(33-14)21(27)30-3/h5-10H,4,11-12H2,1-3H3,(H,23,28). The summed E-state index contributed by atoms with van der Waals surface area (Å²) in [6, 6.07) is 7.11. The van der Waals surface area contributed by atoms with Gasteiger partial charge in [0.2, 0.25) is 5.76 Å². The van der Waals surface area contributed by atoms with Crippen molar-refractivity contribution in [3.8, 4) is 11.5 Å². The largest absolute Gasteiger partial charge is 0.493 e. The average Bonchev–Trinajstić information content (AvgIpc) is 3.38. The summed E-state index contributed by atoms with van der Waals surface area (Å²) in [4.78, 5) is 49.4. The molecular formula is C22H22N2O9. The predicted octanol–water partition coefficient (Wildman–Crippen LogP) is 2.11. The quantitative estimate of drug-likeness (QED) is 0.341. The number of rotatable bonds is 9. The highest BCUT2D eigenvalue weighted by Gasteiger charge is 2.34. The van der Waals surface area contributed by atoms with Gasteiger partial charge in [-0.05, 0) is 31.2 Å². The van der Waals surface area contributed by atoms with E-state index in [2.05, 4.69) is 10.1 Å². The Bertz CT molecular complexity index is 1100. The van der Waals surface area contributed by atoms with E-state index in [1.165, 1.54) is 32.4 Å². The third-order valence-electron chi connectivity index (χ3n) is 4.49. The summed E-state index contributed by atoms with van der Waals surface area (Å²) in [6.45, 7) is 1.33. The van der Waals surface area contributed by atoms with E-state index in [-0.39, 0.29) is 42.7 Å². The maximum Gasteiger partial charge on any atom is 0.373 e. The van der Waals surface area contributed by atoms with Crippen molar-refractivity contribution in [2.24, 2.45) is 0 Å². The van der Waals surface area contributed by atoms with Gasteiger partial charge in [0.25, 0.3) is 5.91 Å². The molecule has 33 heavy (non-hydrogen) atoms. The molecule has 0 atom stereocenters. The lowest BCUT2D eigenvalue weighted by atomic mass is 10.1. The van der Waals surface area contributed by atoms with Crippen molar-refractivity contribution < 1.29 is 42.5 Å². The molecule has 2 heterocycles. The Kier molecular flexibility index (Phi) is 7.34. The minimum absolute atomic E-state index is 0.0195. The van der Waals surface area contributed by atoms with Crippen LogP contribution in [-0.4, -0.2) is 56.2 Å². The van der Waals surface area contributed by atoms with E-state index >= 15 is 0 Å². The molecule has 1 aliphatic rings. The monoisotopic (exact) mass is 458 g/mol. The van der Waals surface area contributed by atoms with Crippen LogP contribution < -0.4 is 14.8 Å². The van der Waals surface area contributed by atoms with Crippen LogP contribution in [0.5, 0.6) is 11.5 Å². The minimum atomic E-state index is -0.674. The van der Waals surface area contributed by atoms with Crippen molar-refractivity contribution in [1.29, 1.82) is 0 Å². The van der Waals surface area contributed by atoms with Gasteiger partial charge in [0.15, 0.2) is 18.1 Å². The van der Waals surface area contributed by atoms with Crippen LogP contribution in [0.15, 0.2) is 40.4 Å². The topological polar surface area (TPSA) is 134 Å². The van der Waals surface area contributed by atoms with E-state index in [9.17, 15) is 19.2 Å². The highest BCUT2D eigenvalue weighted by molar-refractivity contribution is 6.14. The smallest absolute Gasteiger partial charge is 0.373 e. The number of para-hydroxylation sites is 1. The van der Waals surface area contributed by atoms with Crippen molar-refractivity contribution in [2.45, 2.75) is 13.5 Å². The first-order valence-corrected chi connectivity index (χ1v) is 9.84. The third-order valence-corrected chi connectivity index (χ3v) is 4.49. The van der Waals surface area contributed by atoms with Crippen molar-refractivity contribution in [2.75, 3.05) is 27.4 Å². The van der Waals surface area contributed by atoms with Crippen molar-refractivity contribution in [3.05, 3.63) is 53.1 Å². The van der Waals surface area contributed by atoms with Gasteiger partial charge in [0.05, 0.1) is 27.4 Å². The summed E-state index contributed by atoms with van der Waals surface area (Å²) in [5.41, 5.74) is 0.379. The second kappa shape index (κ2) is 10.4. The number of nitrogens with zero attached hydrogens (tertiary/aromatic N) is 1. The van der Waals surface area contributed by atoms with Crippen LogP contribution >= 0.6 is 0 Å². The van der Waals surface area contributed by atoms with E-state index in [1.807, 2.05) is 0 Å². The fourth-order valence-corrected chi connectivity index (χ4v) is 3.00. The molecule has 1 aromatic carbocycles. The van der Waals surface area contributed by atoms with E-state index in [0.717, 1.165) is 4.90 Å². The Labute approximate surface area is 188 Å². The molecule has 1 N–H and O–H groups in total. The summed E-state index contributed by atoms with van der Waals surface area (Å²) in [5, 5.41) is 2.49. The van der Waals surface area contributed by atoms with Crippen LogP contribution in [0.25, 0.3) is 6.08 Å². The molecule has 1 fully saturated rings. The van der Waals surface area contributed by atoms with Crippen LogP contribution in [-0.2, 0) is 25.6 Å². The van der Waals surface area contributed by atoms with Crippen LogP contribution in [0.2, 0.25) is 0 Å². The molecule has 0 radical (unpaired) electrons. The zero-order chi connectivity index (χ0) is 24.0. The lowest BCUT2D eigenvalue weighted by Crippen LogP contribution is -2.30. The fourth-order valence-electron chi connectivity index (χ4n) is 3.00. The Morgan fingerprint density at radius 3 is 2.64 bits per heavy atom. The molecule has 174 valence electrons. The Morgan fingerprint density at radius 2 is 1.94 bits per heavy atom. The van der Waals surface area contributed by atoms with Gasteiger partial charge in [0.1, 0.15) is 11.5 Å². The van der Waals surface area contributed by atoms with Crippen molar-refractivity contribution >= 4 is 30.0 Å². The highest BCUT2D eigenvalue weighted by atomic mass is 16.6. The van der Waals surface area contributed by atoms with E-state index in [0.29, 0.717) is 11.3 Å². The molecule has 0 spiro atoms. The fraction of sp³-hybridized carbons (Fsp3) is 0.273. The number of urea groups is 1. The normalized spacial score (nSPS) is 14.3. The van der Waals surface area contributed by atoms with Gasteiger partial charge in [0, 0.05) is 5.56 Å². The van der Waals surface area contributed by atoms with Gasteiger partial charge >= 0.3 is 18.0 Å². The first-order valence-electron chi connectivity index (χ1n) is 9.84. The van der Waals surface area contributed by atoms with Crippen LogP contribution in [0.1, 0.15) is 28.8 Å². The molecule has 0 unspecified atom stereocenters. The molecule has 3 amide bonds. The lowest BCUT2D eigenvalue weighted by molar-refractivity contribution is -0.145. The number of carbonyl (C=O) groups is 4. The second-order valence-electron chi connectivity index (χ2n) is 6.61. The van der Waals surface area contributed by atoms with Gasteiger partial charge in [-0.2, -0.15) is 0 Å². The Hall–Kier alpha value is -4.28. The summed E-state index contributed by atoms with van der Waals surface area (Å²) in [6.07, 6.45) is 1.41. The lowest BCUT2D eigenvalue weighted by Gasteiger charge is -2.13. The number of benzene rings is 1. The Balaban J connectivity index is 1.81. The maximum atomic E-state index is 12.8. The third kappa shape index (κ3) is 5.32. The van der Waals surface area contributed by atoms with Gasteiger partial charge in [-0.15, -0.1) is 0 Å².